The molecule has 6 nitrogen and oxygen atoms in total. The topological polar surface area (TPSA) is 62.6 Å². The normalized spacial score (nSPS) is 16.7. The van der Waals surface area contributed by atoms with E-state index in [4.69, 9.17) is 19.2 Å². The van der Waals surface area contributed by atoms with Crippen molar-refractivity contribution in [3.05, 3.63) is 74.4 Å². The van der Waals surface area contributed by atoms with Crippen LogP contribution in [0.15, 0.2) is 52.4 Å². The number of rotatable bonds is 5. The molecular weight excluding hydrogens is 480 g/mol. The number of nitrogens with zero attached hydrogens (tertiary/aromatic N) is 2. The number of hydrogen-bond donors (Lipinski definition) is 0. The summed E-state index contributed by atoms with van der Waals surface area (Å²) in [5, 5.41) is 1.43. The largest absolute Gasteiger partial charge is 0.454 e. The first-order valence-corrected chi connectivity index (χ1v) is 13.6. The fourth-order valence-corrected chi connectivity index (χ4v) is 6.73. The van der Waals surface area contributed by atoms with E-state index in [9.17, 15) is 4.79 Å². The third kappa shape index (κ3) is 4.13. The van der Waals surface area contributed by atoms with E-state index < -0.39 is 0 Å². The highest BCUT2D eigenvalue weighted by Gasteiger charge is 2.29. The monoisotopic (exact) mass is 506 g/mol. The number of thiophene rings is 1. The summed E-state index contributed by atoms with van der Waals surface area (Å²) in [5.74, 6) is 2.57. The Morgan fingerprint density at radius 1 is 1.17 bits per heavy atom. The van der Waals surface area contributed by atoms with Crippen LogP contribution in [-0.4, -0.2) is 22.4 Å². The van der Waals surface area contributed by atoms with Crippen molar-refractivity contribution in [3.8, 4) is 17.2 Å². The van der Waals surface area contributed by atoms with Gasteiger partial charge in [0.05, 0.1) is 23.8 Å². The summed E-state index contributed by atoms with van der Waals surface area (Å²) in [5.41, 5.74) is 4.13. The van der Waals surface area contributed by atoms with Gasteiger partial charge in [-0.1, -0.05) is 43.8 Å². The van der Waals surface area contributed by atoms with E-state index in [0.717, 1.165) is 55.4 Å². The van der Waals surface area contributed by atoms with E-state index in [2.05, 4.69) is 13.8 Å². The predicted molar refractivity (Wildman–Crippen MR) is 139 cm³/mol. The standard InChI is InChI=1S/C27H26N2O4S2/c1-15(2)21-11-19-23(12-31-21)35-25-24(19)26(30)29(18-6-4-5-16(3)9-18)27(28-25)34-13-17-7-8-20-22(10-17)33-14-32-20/h4-10,15,21H,11-14H2,1-3H3. The van der Waals surface area contributed by atoms with E-state index >= 15 is 0 Å². The highest BCUT2D eigenvalue weighted by atomic mass is 32.2. The Morgan fingerprint density at radius 3 is 2.86 bits per heavy atom. The lowest BCUT2D eigenvalue weighted by atomic mass is 9.96. The Hall–Kier alpha value is -2.81. The van der Waals surface area contributed by atoms with E-state index in [1.165, 1.54) is 0 Å². The molecular formula is C27H26N2O4S2. The van der Waals surface area contributed by atoms with Crippen LogP contribution in [0.2, 0.25) is 0 Å². The molecule has 4 aromatic rings. The predicted octanol–water partition coefficient (Wildman–Crippen LogP) is 5.87. The van der Waals surface area contributed by atoms with Gasteiger partial charge in [-0.25, -0.2) is 4.98 Å². The van der Waals surface area contributed by atoms with Crippen LogP contribution in [0.25, 0.3) is 15.9 Å². The molecule has 0 radical (unpaired) electrons. The highest BCUT2D eigenvalue weighted by molar-refractivity contribution is 7.98. The molecule has 180 valence electrons. The van der Waals surface area contributed by atoms with Crippen LogP contribution in [-0.2, 0) is 23.5 Å². The fraction of sp³-hybridized carbons (Fsp3) is 0.333. The molecule has 2 aromatic heterocycles. The molecule has 0 spiro atoms. The zero-order valence-electron chi connectivity index (χ0n) is 19.9. The zero-order valence-corrected chi connectivity index (χ0v) is 21.5. The molecule has 6 rings (SSSR count). The molecule has 0 bridgehead atoms. The van der Waals surface area contributed by atoms with Crippen LogP contribution in [0.4, 0.5) is 0 Å². The summed E-state index contributed by atoms with van der Waals surface area (Å²) < 4.78 is 18.8. The van der Waals surface area contributed by atoms with Crippen LogP contribution >= 0.6 is 23.1 Å². The zero-order chi connectivity index (χ0) is 24.1. The van der Waals surface area contributed by atoms with Crippen molar-refractivity contribution in [1.29, 1.82) is 0 Å². The van der Waals surface area contributed by atoms with Crippen molar-refractivity contribution in [2.24, 2.45) is 5.92 Å². The van der Waals surface area contributed by atoms with Gasteiger partial charge in [-0.15, -0.1) is 11.3 Å². The molecule has 2 aromatic carbocycles. The number of fused-ring (bicyclic) bond motifs is 4. The number of aryl methyl sites for hydroxylation is 1. The summed E-state index contributed by atoms with van der Waals surface area (Å²) in [7, 11) is 0. The van der Waals surface area contributed by atoms with Crippen LogP contribution in [0.3, 0.4) is 0 Å². The molecule has 1 atom stereocenters. The Balaban J connectivity index is 1.45. The minimum atomic E-state index is -0.00399. The number of thioether (sulfide) groups is 1. The maximum absolute atomic E-state index is 14.1. The van der Waals surface area contributed by atoms with Gasteiger partial charge >= 0.3 is 0 Å². The molecule has 4 heterocycles. The Labute approximate surface area is 211 Å². The minimum Gasteiger partial charge on any atom is -0.454 e. The summed E-state index contributed by atoms with van der Waals surface area (Å²) in [6.07, 6.45) is 0.869. The van der Waals surface area contributed by atoms with Crippen molar-refractivity contribution >= 4 is 33.3 Å². The van der Waals surface area contributed by atoms with Gasteiger partial charge in [0.2, 0.25) is 6.79 Å². The molecule has 2 aliphatic heterocycles. The second-order valence-electron chi connectivity index (χ2n) is 9.33. The first kappa shape index (κ1) is 22.6. The van der Waals surface area contributed by atoms with Crippen LogP contribution in [0.5, 0.6) is 11.5 Å². The Kier molecular flexibility index (Phi) is 5.82. The lowest BCUT2D eigenvalue weighted by Gasteiger charge is -2.26. The van der Waals surface area contributed by atoms with Crippen LogP contribution in [0.1, 0.15) is 35.4 Å². The van der Waals surface area contributed by atoms with E-state index in [0.29, 0.717) is 23.4 Å². The molecule has 0 aliphatic carbocycles. The van der Waals surface area contributed by atoms with Gasteiger partial charge in [-0.3, -0.25) is 9.36 Å². The van der Waals surface area contributed by atoms with Crippen molar-refractivity contribution < 1.29 is 14.2 Å². The van der Waals surface area contributed by atoms with Gasteiger partial charge in [-0.05, 0) is 53.8 Å². The van der Waals surface area contributed by atoms with Gasteiger partial charge in [0.25, 0.3) is 5.56 Å². The first-order valence-electron chi connectivity index (χ1n) is 11.7. The second kappa shape index (κ2) is 9.00. The molecule has 0 N–H and O–H groups in total. The molecule has 0 fully saturated rings. The minimum absolute atomic E-state index is 0.00399. The third-order valence-electron chi connectivity index (χ3n) is 6.52. The molecule has 1 unspecified atom stereocenters. The van der Waals surface area contributed by atoms with Crippen molar-refractivity contribution in [3.63, 3.8) is 0 Å². The molecule has 35 heavy (non-hydrogen) atoms. The average Bonchev–Trinajstić information content (AvgIpc) is 3.46. The van der Waals surface area contributed by atoms with Crippen LogP contribution < -0.4 is 15.0 Å². The van der Waals surface area contributed by atoms with Crippen molar-refractivity contribution in [2.45, 2.75) is 50.8 Å². The number of benzene rings is 2. The highest BCUT2D eigenvalue weighted by Crippen LogP contribution is 2.38. The quantitative estimate of drug-likeness (QED) is 0.249. The lowest BCUT2D eigenvalue weighted by Crippen LogP contribution is -2.28. The number of hydrogen-bond acceptors (Lipinski definition) is 7. The van der Waals surface area contributed by atoms with E-state index in [-0.39, 0.29) is 18.5 Å². The third-order valence-corrected chi connectivity index (χ3v) is 8.63. The number of aromatic nitrogens is 2. The van der Waals surface area contributed by atoms with Gasteiger partial charge < -0.3 is 14.2 Å². The Bertz CT molecular complexity index is 1490. The van der Waals surface area contributed by atoms with Crippen molar-refractivity contribution in [1.82, 2.24) is 9.55 Å². The maximum Gasteiger partial charge on any atom is 0.267 e. The molecule has 0 amide bonds. The fourth-order valence-electron chi connectivity index (χ4n) is 4.61. The SMILES string of the molecule is Cc1cccc(-n2c(SCc3ccc4c(c3)OCO4)nc3sc4c(c3c2=O)CC(C(C)C)OC4)c1. The van der Waals surface area contributed by atoms with Gasteiger partial charge in [0, 0.05) is 17.1 Å². The Morgan fingerprint density at radius 2 is 2.03 bits per heavy atom. The summed E-state index contributed by atoms with van der Waals surface area (Å²) in [4.78, 5) is 21.0. The molecule has 2 aliphatic rings. The van der Waals surface area contributed by atoms with E-state index in [1.807, 2.05) is 49.4 Å². The van der Waals surface area contributed by atoms with Crippen LogP contribution in [0, 0.1) is 12.8 Å². The van der Waals surface area contributed by atoms with Gasteiger partial charge in [0.15, 0.2) is 16.7 Å². The molecule has 8 heteroatoms. The summed E-state index contributed by atoms with van der Waals surface area (Å²) in [6, 6.07) is 14.0. The number of ether oxygens (including phenoxy) is 3. The molecule has 0 saturated carbocycles. The van der Waals surface area contributed by atoms with Gasteiger partial charge in [0.1, 0.15) is 4.83 Å². The maximum atomic E-state index is 14.1. The molecule has 0 saturated heterocycles. The first-order chi connectivity index (χ1) is 17.0. The second-order valence-corrected chi connectivity index (χ2v) is 11.4. The van der Waals surface area contributed by atoms with Crippen molar-refractivity contribution in [2.75, 3.05) is 6.79 Å². The summed E-state index contributed by atoms with van der Waals surface area (Å²) >= 11 is 3.15. The summed E-state index contributed by atoms with van der Waals surface area (Å²) in [6.45, 7) is 7.16. The lowest BCUT2D eigenvalue weighted by molar-refractivity contribution is 0.00200. The smallest absolute Gasteiger partial charge is 0.267 e. The van der Waals surface area contributed by atoms with Gasteiger partial charge in [-0.2, -0.15) is 0 Å². The van der Waals surface area contributed by atoms with E-state index in [1.54, 1.807) is 27.7 Å². The average molecular weight is 507 g/mol.